The van der Waals surface area contributed by atoms with Crippen molar-refractivity contribution in [3.8, 4) is 5.75 Å². The van der Waals surface area contributed by atoms with E-state index in [4.69, 9.17) is 22.1 Å². The van der Waals surface area contributed by atoms with E-state index in [1.165, 1.54) is 4.90 Å². The van der Waals surface area contributed by atoms with Crippen molar-refractivity contribution in [2.45, 2.75) is 0 Å². The predicted octanol–water partition coefficient (Wildman–Crippen LogP) is 2.75. The summed E-state index contributed by atoms with van der Waals surface area (Å²) in [6.07, 6.45) is 1.65. The van der Waals surface area contributed by atoms with Crippen LogP contribution in [0.1, 0.15) is 5.56 Å². The summed E-state index contributed by atoms with van der Waals surface area (Å²) in [5.41, 5.74) is 1.67. The van der Waals surface area contributed by atoms with Crippen molar-refractivity contribution in [2.75, 3.05) is 18.6 Å². The molecule has 1 aliphatic rings. The molecule has 132 valence electrons. The van der Waals surface area contributed by atoms with E-state index in [-0.39, 0.29) is 5.91 Å². The minimum Gasteiger partial charge on any atom is -0.481 e. The van der Waals surface area contributed by atoms with Gasteiger partial charge in [-0.05, 0) is 36.5 Å². The number of hydrogen-bond acceptors (Lipinski definition) is 4. The van der Waals surface area contributed by atoms with Crippen molar-refractivity contribution in [3.05, 3.63) is 65.9 Å². The zero-order valence-corrected chi connectivity index (χ0v) is 14.8. The number of thiocarbonyl (C=S) groups is 1. The van der Waals surface area contributed by atoms with Gasteiger partial charge in [0.2, 0.25) is 0 Å². The fourth-order valence-corrected chi connectivity index (χ4v) is 2.87. The quantitative estimate of drug-likeness (QED) is 0.646. The van der Waals surface area contributed by atoms with E-state index in [1.54, 1.807) is 42.3 Å². The van der Waals surface area contributed by atoms with Gasteiger partial charge in [0.25, 0.3) is 5.91 Å². The zero-order valence-electron chi connectivity index (χ0n) is 14.0. The highest BCUT2D eigenvalue weighted by Gasteiger charge is 2.36. The lowest BCUT2D eigenvalue weighted by Crippen LogP contribution is -2.30. The lowest BCUT2D eigenvalue weighted by atomic mass is 10.1. The van der Waals surface area contributed by atoms with Gasteiger partial charge in [-0.2, -0.15) is 0 Å². The maximum atomic E-state index is 12.9. The number of carbonyl (C=O) groups is 2. The Hall–Kier alpha value is -3.19. The molecule has 1 saturated heterocycles. The summed E-state index contributed by atoms with van der Waals surface area (Å²) in [6.45, 7) is -0.460. The first-order valence-corrected chi connectivity index (χ1v) is 8.22. The van der Waals surface area contributed by atoms with Crippen molar-refractivity contribution in [3.63, 3.8) is 0 Å². The number of carboxylic acids is 1. The number of benzene rings is 2. The van der Waals surface area contributed by atoms with Gasteiger partial charge < -0.3 is 14.7 Å². The molecule has 0 unspecified atom stereocenters. The molecule has 6 nitrogen and oxygen atoms in total. The number of likely N-dealkylation sites (N-methyl/N-ethyl adjacent to an activating group) is 1. The summed E-state index contributed by atoms with van der Waals surface area (Å²) in [5.74, 6) is -0.942. The van der Waals surface area contributed by atoms with Crippen LogP contribution in [0.25, 0.3) is 6.08 Å². The lowest BCUT2D eigenvalue weighted by Gasteiger charge is -2.16. The van der Waals surface area contributed by atoms with Gasteiger partial charge in [0.05, 0.1) is 5.69 Å². The monoisotopic (exact) mass is 368 g/mol. The van der Waals surface area contributed by atoms with Crippen LogP contribution in [-0.4, -0.2) is 40.6 Å². The number of carbonyl (C=O) groups excluding carboxylic acids is 1. The number of rotatable bonds is 5. The first kappa shape index (κ1) is 17.6. The average molecular weight is 368 g/mol. The molecule has 1 amide bonds. The molecule has 0 spiro atoms. The molecule has 0 radical (unpaired) electrons. The Kier molecular flexibility index (Phi) is 4.99. The van der Waals surface area contributed by atoms with Gasteiger partial charge in [-0.3, -0.25) is 9.69 Å². The molecule has 0 bridgehead atoms. The molecule has 26 heavy (non-hydrogen) atoms. The standard InChI is InChI=1S/C19H16N2O4S/c1-20-15(11-13-7-5-6-10-16(13)25-12-17(22)23)18(24)21(19(20)26)14-8-3-2-4-9-14/h2-11H,12H2,1H3,(H,22,23). The van der Waals surface area contributed by atoms with Gasteiger partial charge in [-0.25, -0.2) is 4.79 Å². The molecule has 2 aromatic carbocycles. The molecule has 1 fully saturated rings. The molecule has 7 heteroatoms. The molecule has 0 saturated carbocycles. The maximum Gasteiger partial charge on any atom is 0.341 e. The topological polar surface area (TPSA) is 70.1 Å². The molecule has 0 aromatic heterocycles. The van der Waals surface area contributed by atoms with Crippen molar-refractivity contribution >= 4 is 41.0 Å². The minimum absolute atomic E-state index is 0.253. The first-order chi connectivity index (χ1) is 12.5. The zero-order chi connectivity index (χ0) is 18.7. The summed E-state index contributed by atoms with van der Waals surface area (Å²) in [7, 11) is 1.72. The number of anilines is 1. The van der Waals surface area contributed by atoms with Crippen molar-refractivity contribution in [1.82, 2.24) is 4.90 Å². The van der Waals surface area contributed by atoms with Crippen LogP contribution in [0.15, 0.2) is 60.3 Å². The lowest BCUT2D eigenvalue weighted by molar-refractivity contribution is -0.139. The third-order valence-corrected chi connectivity index (χ3v) is 4.29. The number of amides is 1. The van der Waals surface area contributed by atoms with Gasteiger partial charge in [-0.15, -0.1) is 0 Å². The molecule has 0 atom stereocenters. The van der Waals surface area contributed by atoms with E-state index in [2.05, 4.69) is 0 Å². The number of para-hydroxylation sites is 2. The van der Waals surface area contributed by atoms with E-state index in [0.717, 1.165) is 0 Å². The number of nitrogens with zero attached hydrogens (tertiary/aromatic N) is 2. The summed E-state index contributed by atoms with van der Waals surface area (Å²) >= 11 is 5.42. The highest BCUT2D eigenvalue weighted by molar-refractivity contribution is 7.80. The van der Waals surface area contributed by atoms with Crippen LogP contribution in [0, 0.1) is 0 Å². The van der Waals surface area contributed by atoms with Crippen molar-refractivity contribution in [2.24, 2.45) is 0 Å². The molecular formula is C19H16N2O4S. The number of aliphatic carboxylic acids is 1. The molecule has 1 N–H and O–H groups in total. The fraction of sp³-hybridized carbons (Fsp3) is 0.105. The Morgan fingerprint density at radius 3 is 2.50 bits per heavy atom. The smallest absolute Gasteiger partial charge is 0.341 e. The van der Waals surface area contributed by atoms with Crippen LogP contribution in [-0.2, 0) is 9.59 Å². The van der Waals surface area contributed by atoms with Crippen LogP contribution in [0.2, 0.25) is 0 Å². The fourth-order valence-electron chi connectivity index (χ4n) is 2.58. The second kappa shape index (κ2) is 7.37. The van der Waals surface area contributed by atoms with Gasteiger partial charge >= 0.3 is 5.97 Å². The van der Waals surface area contributed by atoms with Crippen molar-refractivity contribution < 1.29 is 19.4 Å². The SMILES string of the molecule is CN1C(=S)N(c2ccccc2)C(=O)C1=Cc1ccccc1OCC(=O)O. The number of hydrogen-bond donors (Lipinski definition) is 1. The van der Waals surface area contributed by atoms with E-state index < -0.39 is 12.6 Å². The highest BCUT2D eigenvalue weighted by atomic mass is 32.1. The second-order valence-electron chi connectivity index (χ2n) is 5.57. The Bertz CT molecular complexity index is 895. The number of carboxylic acid groups (broad SMARTS) is 1. The van der Waals surface area contributed by atoms with Crippen LogP contribution >= 0.6 is 12.2 Å². The van der Waals surface area contributed by atoms with E-state index in [1.807, 2.05) is 30.3 Å². The average Bonchev–Trinajstić information content (AvgIpc) is 2.85. The molecule has 1 heterocycles. The summed E-state index contributed by atoms with van der Waals surface area (Å²) in [5, 5.41) is 9.17. The van der Waals surface area contributed by atoms with E-state index in [0.29, 0.717) is 27.8 Å². The van der Waals surface area contributed by atoms with Gasteiger partial charge in [-0.1, -0.05) is 36.4 Å². The molecule has 2 aromatic rings. The Labute approximate surface area is 155 Å². The largest absolute Gasteiger partial charge is 0.481 e. The van der Waals surface area contributed by atoms with E-state index in [9.17, 15) is 9.59 Å². The second-order valence-corrected chi connectivity index (χ2v) is 5.93. The molecule has 1 aliphatic heterocycles. The maximum absolute atomic E-state index is 12.9. The predicted molar refractivity (Wildman–Crippen MR) is 102 cm³/mol. The van der Waals surface area contributed by atoms with Gasteiger partial charge in [0.1, 0.15) is 11.4 Å². The van der Waals surface area contributed by atoms with Crippen LogP contribution in [0.3, 0.4) is 0 Å². The van der Waals surface area contributed by atoms with Crippen LogP contribution < -0.4 is 9.64 Å². The Morgan fingerprint density at radius 2 is 1.81 bits per heavy atom. The third-order valence-electron chi connectivity index (χ3n) is 3.84. The molecule has 0 aliphatic carbocycles. The normalized spacial score (nSPS) is 15.7. The summed E-state index contributed by atoms with van der Waals surface area (Å²) < 4.78 is 5.30. The highest BCUT2D eigenvalue weighted by Crippen LogP contribution is 2.29. The Balaban J connectivity index is 1.96. The first-order valence-electron chi connectivity index (χ1n) is 7.81. The minimum atomic E-state index is -1.07. The summed E-state index contributed by atoms with van der Waals surface area (Å²) in [4.78, 5) is 26.7. The van der Waals surface area contributed by atoms with Gasteiger partial charge in [0.15, 0.2) is 11.7 Å². The van der Waals surface area contributed by atoms with Gasteiger partial charge in [0, 0.05) is 12.6 Å². The van der Waals surface area contributed by atoms with E-state index >= 15 is 0 Å². The Morgan fingerprint density at radius 1 is 1.15 bits per heavy atom. The molecular weight excluding hydrogens is 352 g/mol. The third kappa shape index (κ3) is 3.43. The summed E-state index contributed by atoms with van der Waals surface area (Å²) in [6, 6.07) is 16.1. The van der Waals surface area contributed by atoms with Crippen LogP contribution in [0.4, 0.5) is 5.69 Å². The number of ether oxygens (including phenoxy) is 1. The van der Waals surface area contributed by atoms with Crippen molar-refractivity contribution in [1.29, 1.82) is 0 Å². The molecule has 3 rings (SSSR count). The van der Waals surface area contributed by atoms with Crippen LogP contribution in [0.5, 0.6) is 5.75 Å².